The standard InChI is InChI=1S/C19H16F3NO4S/c20-19(21,22)27-15-4-1-13(2-5-15)3-6-18(25)26-12-17(24)23-9-7-16-14(11-23)8-10-28-16/h1-6,8,10H,7,9,11-12H2/b6-3+. The molecular weight excluding hydrogens is 395 g/mol. The van der Waals surface area contributed by atoms with Crippen LogP contribution in [-0.2, 0) is 27.3 Å². The van der Waals surface area contributed by atoms with Crippen molar-refractivity contribution in [1.29, 1.82) is 0 Å². The fraction of sp³-hybridized carbons (Fsp3) is 0.263. The first-order chi connectivity index (χ1) is 13.3. The van der Waals surface area contributed by atoms with Crippen molar-refractivity contribution in [2.75, 3.05) is 13.2 Å². The summed E-state index contributed by atoms with van der Waals surface area (Å²) in [6.07, 6.45) is -1.48. The minimum atomic E-state index is -4.76. The molecule has 1 amide bonds. The number of fused-ring (bicyclic) bond motifs is 1. The SMILES string of the molecule is O=C(/C=C/c1ccc(OC(F)(F)F)cc1)OCC(=O)N1CCc2sccc2C1. The fourth-order valence-electron chi connectivity index (χ4n) is 2.68. The predicted octanol–water partition coefficient (Wildman–Crippen LogP) is 3.79. The van der Waals surface area contributed by atoms with Gasteiger partial charge >= 0.3 is 12.3 Å². The number of thiophene rings is 1. The predicted molar refractivity (Wildman–Crippen MR) is 96.6 cm³/mol. The van der Waals surface area contributed by atoms with Gasteiger partial charge in [0.2, 0.25) is 0 Å². The molecule has 1 aromatic carbocycles. The molecule has 0 radical (unpaired) electrons. The summed E-state index contributed by atoms with van der Waals surface area (Å²) in [6.45, 7) is 0.741. The Bertz CT molecular complexity index is 874. The fourth-order valence-corrected chi connectivity index (χ4v) is 3.57. The molecule has 3 rings (SSSR count). The van der Waals surface area contributed by atoms with Crippen molar-refractivity contribution >= 4 is 29.3 Å². The van der Waals surface area contributed by atoms with Gasteiger partial charge in [0, 0.05) is 24.0 Å². The first kappa shape index (κ1) is 19.9. The molecule has 0 saturated heterocycles. The number of benzene rings is 1. The maximum atomic E-state index is 12.2. The van der Waals surface area contributed by atoms with Crippen molar-refractivity contribution in [1.82, 2.24) is 4.90 Å². The number of hydrogen-bond acceptors (Lipinski definition) is 5. The van der Waals surface area contributed by atoms with Gasteiger partial charge in [-0.2, -0.15) is 0 Å². The number of hydrogen-bond donors (Lipinski definition) is 0. The molecule has 0 bridgehead atoms. The summed E-state index contributed by atoms with van der Waals surface area (Å²) in [7, 11) is 0. The first-order valence-corrected chi connectivity index (χ1v) is 9.22. The van der Waals surface area contributed by atoms with Crippen LogP contribution in [0.15, 0.2) is 41.8 Å². The zero-order valence-corrected chi connectivity index (χ0v) is 15.4. The second kappa shape index (κ2) is 8.47. The lowest BCUT2D eigenvalue weighted by atomic mass is 10.1. The lowest BCUT2D eigenvalue weighted by Gasteiger charge is -2.26. The van der Waals surface area contributed by atoms with Gasteiger partial charge in [-0.1, -0.05) is 12.1 Å². The van der Waals surface area contributed by atoms with Gasteiger partial charge < -0.3 is 14.4 Å². The largest absolute Gasteiger partial charge is 0.573 e. The third-order valence-electron chi connectivity index (χ3n) is 4.02. The Morgan fingerprint density at radius 1 is 1.18 bits per heavy atom. The van der Waals surface area contributed by atoms with Crippen LogP contribution in [0.4, 0.5) is 13.2 Å². The van der Waals surface area contributed by atoms with Gasteiger partial charge in [-0.05, 0) is 47.2 Å². The van der Waals surface area contributed by atoms with Crippen molar-refractivity contribution in [2.45, 2.75) is 19.3 Å². The molecule has 0 unspecified atom stereocenters. The number of nitrogens with zero attached hydrogens (tertiary/aromatic N) is 1. The van der Waals surface area contributed by atoms with Crippen LogP contribution in [0.1, 0.15) is 16.0 Å². The smallest absolute Gasteiger partial charge is 0.452 e. The molecule has 0 saturated carbocycles. The molecule has 2 heterocycles. The number of halogens is 3. The highest BCUT2D eigenvalue weighted by atomic mass is 32.1. The summed E-state index contributed by atoms with van der Waals surface area (Å²) in [4.78, 5) is 26.9. The van der Waals surface area contributed by atoms with E-state index in [9.17, 15) is 22.8 Å². The Hall–Kier alpha value is -2.81. The normalized spacial score (nSPS) is 14.0. The maximum absolute atomic E-state index is 12.2. The zero-order chi connectivity index (χ0) is 20.1. The quantitative estimate of drug-likeness (QED) is 0.555. The molecule has 0 N–H and O–H groups in total. The molecule has 1 aromatic heterocycles. The number of rotatable bonds is 5. The highest BCUT2D eigenvalue weighted by molar-refractivity contribution is 7.10. The Kier molecular flexibility index (Phi) is 6.03. The summed E-state index contributed by atoms with van der Waals surface area (Å²) in [5.74, 6) is -1.34. The Balaban J connectivity index is 1.45. The van der Waals surface area contributed by atoms with Gasteiger partial charge in [0.05, 0.1) is 0 Å². The number of esters is 1. The van der Waals surface area contributed by atoms with Crippen molar-refractivity contribution in [2.24, 2.45) is 0 Å². The number of alkyl halides is 3. The lowest BCUT2D eigenvalue weighted by Crippen LogP contribution is -2.38. The molecule has 148 valence electrons. The average Bonchev–Trinajstić information content (AvgIpc) is 3.12. The van der Waals surface area contributed by atoms with Gasteiger partial charge in [-0.3, -0.25) is 4.79 Å². The molecule has 0 fully saturated rings. The topological polar surface area (TPSA) is 55.8 Å². The molecule has 28 heavy (non-hydrogen) atoms. The van der Waals surface area contributed by atoms with Crippen molar-refractivity contribution < 1.29 is 32.2 Å². The van der Waals surface area contributed by atoms with Crippen molar-refractivity contribution in [3.63, 3.8) is 0 Å². The van der Waals surface area contributed by atoms with E-state index in [2.05, 4.69) is 4.74 Å². The molecule has 1 aliphatic rings. The molecule has 1 aliphatic heterocycles. The molecular formula is C19H16F3NO4S. The minimum absolute atomic E-state index is 0.271. The van der Waals surface area contributed by atoms with Crippen LogP contribution >= 0.6 is 11.3 Å². The molecule has 2 aromatic rings. The molecule has 5 nitrogen and oxygen atoms in total. The van der Waals surface area contributed by atoms with Gasteiger partial charge in [0.1, 0.15) is 5.75 Å². The number of ether oxygens (including phenoxy) is 2. The number of carbonyl (C=O) groups excluding carboxylic acids is 2. The van der Waals surface area contributed by atoms with Gasteiger partial charge in [0.25, 0.3) is 5.91 Å². The van der Waals surface area contributed by atoms with Crippen LogP contribution in [0.3, 0.4) is 0 Å². The second-order valence-corrected chi connectivity index (χ2v) is 6.99. The summed E-state index contributed by atoms with van der Waals surface area (Å²) < 4.78 is 45.0. The second-order valence-electron chi connectivity index (χ2n) is 5.99. The third kappa shape index (κ3) is 5.59. The first-order valence-electron chi connectivity index (χ1n) is 8.34. The van der Waals surface area contributed by atoms with E-state index in [1.165, 1.54) is 23.1 Å². The molecule has 0 atom stereocenters. The molecule has 9 heteroatoms. The number of amides is 1. The lowest BCUT2D eigenvalue weighted by molar-refractivity contribution is -0.274. The highest BCUT2D eigenvalue weighted by Crippen LogP contribution is 2.24. The minimum Gasteiger partial charge on any atom is -0.452 e. The summed E-state index contributed by atoms with van der Waals surface area (Å²) in [5, 5.41) is 1.99. The Morgan fingerprint density at radius 2 is 1.93 bits per heavy atom. The molecule has 0 aliphatic carbocycles. The average molecular weight is 411 g/mol. The summed E-state index contributed by atoms with van der Waals surface area (Å²) in [5.41, 5.74) is 1.60. The van der Waals surface area contributed by atoms with Gasteiger partial charge in [-0.15, -0.1) is 24.5 Å². The summed E-state index contributed by atoms with van der Waals surface area (Å²) in [6, 6.07) is 6.98. The van der Waals surface area contributed by atoms with Crippen LogP contribution in [-0.4, -0.2) is 36.3 Å². The van der Waals surface area contributed by atoms with Gasteiger partial charge in [-0.25, -0.2) is 4.79 Å². The van der Waals surface area contributed by atoms with E-state index in [1.54, 1.807) is 16.2 Å². The summed E-state index contributed by atoms with van der Waals surface area (Å²) >= 11 is 1.67. The Labute approximate surface area is 163 Å². The van der Waals surface area contributed by atoms with E-state index < -0.39 is 12.3 Å². The van der Waals surface area contributed by atoms with Crippen LogP contribution in [0.5, 0.6) is 5.75 Å². The van der Waals surface area contributed by atoms with E-state index in [0.717, 1.165) is 30.2 Å². The van der Waals surface area contributed by atoms with Gasteiger partial charge in [0.15, 0.2) is 6.61 Å². The van der Waals surface area contributed by atoms with Crippen LogP contribution in [0.2, 0.25) is 0 Å². The van der Waals surface area contributed by atoms with Crippen LogP contribution in [0.25, 0.3) is 6.08 Å². The zero-order valence-electron chi connectivity index (χ0n) is 14.6. The highest BCUT2D eigenvalue weighted by Gasteiger charge is 2.30. The van der Waals surface area contributed by atoms with E-state index in [1.807, 2.05) is 11.4 Å². The van der Waals surface area contributed by atoms with Crippen molar-refractivity contribution in [3.05, 3.63) is 57.8 Å². The van der Waals surface area contributed by atoms with E-state index in [0.29, 0.717) is 18.7 Å². The maximum Gasteiger partial charge on any atom is 0.573 e. The monoisotopic (exact) mass is 411 g/mol. The third-order valence-corrected chi connectivity index (χ3v) is 5.05. The van der Waals surface area contributed by atoms with Crippen LogP contribution in [0, 0.1) is 0 Å². The van der Waals surface area contributed by atoms with Crippen LogP contribution < -0.4 is 4.74 Å². The van der Waals surface area contributed by atoms with E-state index in [4.69, 9.17) is 4.74 Å². The van der Waals surface area contributed by atoms with Crippen molar-refractivity contribution in [3.8, 4) is 5.75 Å². The molecule has 0 spiro atoms. The Morgan fingerprint density at radius 3 is 2.64 bits per heavy atom. The number of carbonyl (C=O) groups is 2. The van der Waals surface area contributed by atoms with E-state index >= 15 is 0 Å². The van der Waals surface area contributed by atoms with E-state index in [-0.39, 0.29) is 18.3 Å².